The molecule has 1 fully saturated rings. The van der Waals surface area contributed by atoms with Crippen LogP contribution in [0, 0.1) is 11.7 Å². The van der Waals surface area contributed by atoms with Crippen LogP contribution in [0.4, 0.5) is 4.39 Å². The Balaban J connectivity index is 2.20. The first-order chi connectivity index (χ1) is 6.59. The average Bonchev–Trinajstić information content (AvgIpc) is 2.89. The standard InChI is InChI=1S/C10H8ClFO2/c11-8-2-1-5(3-9(8)12)6-4-7(6)10(13)14/h1-3,6-7H,4H2,(H,13,14)/t6-,7+/m0/s1. The van der Waals surface area contributed by atoms with Gasteiger partial charge in [0.1, 0.15) is 5.82 Å². The van der Waals surface area contributed by atoms with Gasteiger partial charge in [-0.25, -0.2) is 4.39 Å². The van der Waals surface area contributed by atoms with Crippen molar-refractivity contribution in [1.29, 1.82) is 0 Å². The minimum absolute atomic E-state index is 0.0423. The molecule has 0 unspecified atom stereocenters. The zero-order valence-corrected chi connectivity index (χ0v) is 7.96. The predicted octanol–water partition coefficient (Wildman–Crippen LogP) is 2.67. The van der Waals surface area contributed by atoms with E-state index < -0.39 is 11.8 Å². The van der Waals surface area contributed by atoms with Crippen LogP contribution >= 0.6 is 11.6 Å². The normalized spacial score (nSPS) is 24.7. The summed E-state index contributed by atoms with van der Waals surface area (Å²) in [7, 11) is 0. The zero-order valence-electron chi connectivity index (χ0n) is 7.21. The van der Waals surface area contributed by atoms with Crippen LogP contribution in [0.2, 0.25) is 5.02 Å². The quantitative estimate of drug-likeness (QED) is 0.822. The van der Waals surface area contributed by atoms with E-state index in [1.54, 1.807) is 6.07 Å². The van der Waals surface area contributed by atoms with Crippen molar-refractivity contribution in [3.63, 3.8) is 0 Å². The number of aliphatic carboxylic acids is 1. The molecule has 1 aromatic rings. The SMILES string of the molecule is O=C(O)[C@@H]1C[C@H]1c1ccc(Cl)c(F)c1. The molecule has 1 aromatic carbocycles. The molecule has 1 aliphatic carbocycles. The van der Waals surface area contributed by atoms with Gasteiger partial charge in [-0.1, -0.05) is 17.7 Å². The number of halogens is 2. The molecule has 0 saturated heterocycles. The molecule has 0 spiro atoms. The van der Waals surface area contributed by atoms with E-state index in [9.17, 15) is 9.18 Å². The average molecular weight is 215 g/mol. The number of carboxylic acids is 1. The summed E-state index contributed by atoms with van der Waals surface area (Å²) in [6, 6.07) is 4.46. The third-order valence-corrected chi connectivity index (χ3v) is 2.79. The summed E-state index contributed by atoms with van der Waals surface area (Å²) in [6.07, 6.45) is 0.594. The van der Waals surface area contributed by atoms with Gasteiger partial charge in [0.2, 0.25) is 0 Å². The van der Waals surface area contributed by atoms with Crippen molar-refractivity contribution in [3.8, 4) is 0 Å². The number of benzene rings is 1. The molecular formula is C10H8ClFO2. The molecule has 1 saturated carbocycles. The Morgan fingerprint density at radius 1 is 1.57 bits per heavy atom. The lowest BCUT2D eigenvalue weighted by molar-refractivity contribution is -0.138. The fourth-order valence-electron chi connectivity index (χ4n) is 1.58. The van der Waals surface area contributed by atoms with Gasteiger partial charge >= 0.3 is 5.97 Å². The van der Waals surface area contributed by atoms with Gasteiger partial charge in [0.05, 0.1) is 10.9 Å². The first-order valence-electron chi connectivity index (χ1n) is 4.27. The van der Waals surface area contributed by atoms with E-state index in [1.165, 1.54) is 12.1 Å². The van der Waals surface area contributed by atoms with Crippen LogP contribution in [-0.4, -0.2) is 11.1 Å². The van der Waals surface area contributed by atoms with Gasteiger partial charge in [-0.15, -0.1) is 0 Å². The molecule has 0 aromatic heterocycles. The molecule has 74 valence electrons. The van der Waals surface area contributed by atoms with Gasteiger partial charge in [-0.2, -0.15) is 0 Å². The van der Waals surface area contributed by atoms with Gasteiger partial charge in [0.15, 0.2) is 0 Å². The third kappa shape index (κ3) is 1.60. The Morgan fingerprint density at radius 3 is 2.79 bits per heavy atom. The molecule has 4 heteroatoms. The molecule has 2 nitrogen and oxygen atoms in total. The van der Waals surface area contributed by atoms with E-state index in [4.69, 9.17) is 16.7 Å². The summed E-state index contributed by atoms with van der Waals surface area (Å²) in [5.41, 5.74) is 0.722. The summed E-state index contributed by atoms with van der Waals surface area (Å²) in [5.74, 6) is -1.69. The Labute approximate surface area is 85.3 Å². The van der Waals surface area contributed by atoms with Crippen LogP contribution < -0.4 is 0 Å². The lowest BCUT2D eigenvalue weighted by Crippen LogP contribution is -1.99. The predicted molar refractivity (Wildman–Crippen MR) is 49.9 cm³/mol. The highest BCUT2D eigenvalue weighted by atomic mass is 35.5. The van der Waals surface area contributed by atoms with Crippen molar-refractivity contribution in [2.45, 2.75) is 12.3 Å². The van der Waals surface area contributed by atoms with Crippen LogP contribution in [0.3, 0.4) is 0 Å². The molecule has 0 amide bonds. The Kier molecular flexibility index (Phi) is 2.19. The third-order valence-electron chi connectivity index (χ3n) is 2.48. The number of carbonyl (C=O) groups is 1. The lowest BCUT2D eigenvalue weighted by Gasteiger charge is -1.99. The number of hydrogen-bond acceptors (Lipinski definition) is 1. The molecular weight excluding hydrogens is 207 g/mol. The van der Waals surface area contributed by atoms with Gasteiger partial charge < -0.3 is 5.11 Å². The van der Waals surface area contributed by atoms with Crippen LogP contribution in [0.15, 0.2) is 18.2 Å². The van der Waals surface area contributed by atoms with Crippen molar-refractivity contribution >= 4 is 17.6 Å². The largest absolute Gasteiger partial charge is 0.481 e. The van der Waals surface area contributed by atoms with Crippen molar-refractivity contribution in [1.82, 2.24) is 0 Å². The minimum atomic E-state index is -0.814. The highest BCUT2D eigenvalue weighted by Crippen LogP contribution is 2.47. The second-order valence-corrected chi connectivity index (χ2v) is 3.87. The van der Waals surface area contributed by atoms with E-state index in [0.717, 1.165) is 5.56 Å². The van der Waals surface area contributed by atoms with Gasteiger partial charge in [-0.05, 0) is 30.0 Å². The monoisotopic (exact) mass is 214 g/mol. The van der Waals surface area contributed by atoms with Gasteiger partial charge in [0.25, 0.3) is 0 Å². The topological polar surface area (TPSA) is 37.3 Å². The molecule has 1 aliphatic rings. The van der Waals surface area contributed by atoms with Crippen LogP contribution in [-0.2, 0) is 4.79 Å². The van der Waals surface area contributed by atoms with E-state index in [1.807, 2.05) is 0 Å². The molecule has 0 heterocycles. The second-order valence-electron chi connectivity index (χ2n) is 3.46. The fourth-order valence-corrected chi connectivity index (χ4v) is 1.70. The molecule has 0 bridgehead atoms. The summed E-state index contributed by atoms with van der Waals surface area (Å²) in [6.45, 7) is 0. The molecule has 2 rings (SSSR count). The Bertz CT molecular complexity index is 392. The van der Waals surface area contributed by atoms with Crippen LogP contribution in [0.1, 0.15) is 17.9 Å². The minimum Gasteiger partial charge on any atom is -0.481 e. The number of carboxylic acid groups (broad SMARTS) is 1. The summed E-state index contributed by atoms with van der Waals surface area (Å²) in [4.78, 5) is 10.6. The summed E-state index contributed by atoms with van der Waals surface area (Å²) in [5, 5.41) is 8.76. The highest BCUT2D eigenvalue weighted by Gasteiger charge is 2.44. The van der Waals surface area contributed by atoms with Gasteiger partial charge in [-0.3, -0.25) is 4.79 Å². The Hall–Kier alpha value is -1.09. The second kappa shape index (κ2) is 3.24. The highest BCUT2D eigenvalue weighted by molar-refractivity contribution is 6.30. The maximum Gasteiger partial charge on any atom is 0.307 e. The first-order valence-corrected chi connectivity index (χ1v) is 4.65. The number of rotatable bonds is 2. The van der Waals surface area contributed by atoms with Crippen LogP contribution in [0.25, 0.3) is 0 Å². The summed E-state index contributed by atoms with van der Waals surface area (Å²) < 4.78 is 13.0. The van der Waals surface area contributed by atoms with Crippen molar-refractivity contribution < 1.29 is 14.3 Å². The Morgan fingerprint density at radius 2 is 2.29 bits per heavy atom. The molecule has 0 radical (unpaired) electrons. The molecule has 14 heavy (non-hydrogen) atoms. The first kappa shape index (κ1) is 9.46. The lowest BCUT2D eigenvalue weighted by atomic mass is 10.1. The van der Waals surface area contributed by atoms with Gasteiger partial charge in [0, 0.05) is 0 Å². The molecule has 2 atom stereocenters. The van der Waals surface area contributed by atoms with Crippen molar-refractivity contribution in [2.24, 2.45) is 5.92 Å². The molecule has 1 N–H and O–H groups in total. The number of hydrogen-bond donors (Lipinski definition) is 1. The van der Waals surface area contributed by atoms with Crippen molar-refractivity contribution in [3.05, 3.63) is 34.6 Å². The smallest absolute Gasteiger partial charge is 0.307 e. The summed E-state index contributed by atoms with van der Waals surface area (Å²) >= 11 is 5.51. The zero-order chi connectivity index (χ0) is 10.3. The van der Waals surface area contributed by atoms with E-state index in [0.29, 0.717) is 6.42 Å². The van der Waals surface area contributed by atoms with E-state index >= 15 is 0 Å². The van der Waals surface area contributed by atoms with Crippen LogP contribution in [0.5, 0.6) is 0 Å². The van der Waals surface area contributed by atoms with Crippen molar-refractivity contribution in [2.75, 3.05) is 0 Å². The fraction of sp³-hybridized carbons (Fsp3) is 0.300. The molecule has 0 aliphatic heterocycles. The van der Waals surface area contributed by atoms with E-state index in [2.05, 4.69) is 0 Å². The van der Waals surface area contributed by atoms with E-state index in [-0.39, 0.29) is 16.9 Å². The maximum absolute atomic E-state index is 13.0. The maximum atomic E-state index is 13.0.